The molecule has 0 saturated heterocycles. The molecule has 0 aliphatic carbocycles. The molecule has 0 aliphatic heterocycles. The van der Waals surface area contributed by atoms with Gasteiger partial charge in [-0.3, -0.25) is 29.9 Å². The van der Waals surface area contributed by atoms with Gasteiger partial charge >= 0.3 is 0 Å². The highest BCUT2D eigenvalue weighted by Gasteiger charge is 2.13. The monoisotopic (exact) mass is 690 g/mol. The molecule has 6 heterocycles. The number of nitrogens with zero attached hydrogens (tertiary/aromatic N) is 6. The van der Waals surface area contributed by atoms with E-state index in [0.29, 0.717) is 0 Å². The molecule has 10 aromatic rings. The van der Waals surface area contributed by atoms with Gasteiger partial charge in [0.1, 0.15) is 0 Å². The lowest BCUT2D eigenvalue weighted by Gasteiger charge is -2.13. The summed E-state index contributed by atoms with van der Waals surface area (Å²) in [6.07, 6.45) is 11.1. The molecular weight excluding hydrogens is 661 g/mol. The van der Waals surface area contributed by atoms with Crippen LogP contribution in [-0.2, 0) is 0 Å². The van der Waals surface area contributed by atoms with Gasteiger partial charge < -0.3 is 0 Å². The summed E-state index contributed by atoms with van der Waals surface area (Å²) in [7, 11) is 0. The largest absolute Gasteiger partial charge is 0.256 e. The van der Waals surface area contributed by atoms with E-state index in [1.807, 2.05) is 73.3 Å². The number of hydrogen-bond acceptors (Lipinski definition) is 6. The zero-order chi connectivity index (χ0) is 35.8. The Hall–Kier alpha value is -7.44. The summed E-state index contributed by atoms with van der Waals surface area (Å²) in [4.78, 5) is 28.0. The highest BCUT2D eigenvalue weighted by molar-refractivity contribution is 6.26. The van der Waals surface area contributed by atoms with E-state index in [0.717, 1.165) is 67.5 Å². The van der Waals surface area contributed by atoms with Gasteiger partial charge in [-0.25, -0.2) is 0 Å². The van der Waals surface area contributed by atoms with Crippen molar-refractivity contribution in [2.24, 2.45) is 0 Å². The SMILES string of the molecule is c1ccc(-c2ccc(-c3ccc(-c4ccc5c6ccc(-c7ccc(-c8ccc(-c9ccccn9)cn8)cn7)cc6c6ccccc6c5c4)nc3)nc2)nc1. The molecule has 0 aliphatic rings. The molecule has 0 atom stereocenters. The van der Waals surface area contributed by atoms with Crippen LogP contribution in [0.1, 0.15) is 0 Å². The highest BCUT2D eigenvalue weighted by atomic mass is 14.7. The van der Waals surface area contributed by atoms with E-state index < -0.39 is 0 Å². The lowest BCUT2D eigenvalue weighted by Crippen LogP contribution is -1.90. The van der Waals surface area contributed by atoms with Gasteiger partial charge in [0.15, 0.2) is 0 Å². The van der Waals surface area contributed by atoms with Crippen LogP contribution < -0.4 is 0 Å². The minimum Gasteiger partial charge on any atom is -0.256 e. The topological polar surface area (TPSA) is 77.3 Å². The van der Waals surface area contributed by atoms with Crippen LogP contribution in [-0.4, -0.2) is 29.9 Å². The molecule has 4 aromatic carbocycles. The van der Waals surface area contributed by atoms with Crippen LogP contribution in [0.3, 0.4) is 0 Å². The van der Waals surface area contributed by atoms with Crippen molar-refractivity contribution in [2.75, 3.05) is 0 Å². The molecule has 0 saturated carbocycles. The third-order valence-corrected chi connectivity index (χ3v) is 10.00. The van der Waals surface area contributed by atoms with Gasteiger partial charge in [-0.1, -0.05) is 60.7 Å². The van der Waals surface area contributed by atoms with Crippen LogP contribution in [0, 0.1) is 0 Å². The van der Waals surface area contributed by atoms with Crippen molar-refractivity contribution in [3.63, 3.8) is 0 Å². The summed E-state index contributed by atoms with van der Waals surface area (Å²) >= 11 is 0. The van der Waals surface area contributed by atoms with Gasteiger partial charge in [-0.2, -0.15) is 0 Å². The summed E-state index contributed by atoms with van der Waals surface area (Å²) in [5.41, 5.74) is 11.4. The third kappa shape index (κ3) is 5.72. The first-order valence-corrected chi connectivity index (χ1v) is 17.8. The number of fused-ring (bicyclic) bond motifs is 6. The molecular formula is C48H30N6. The molecule has 6 heteroatoms. The van der Waals surface area contributed by atoms with Crippen molar-refractivity contribution in [2.45, 2.75) is 0 Å². The number of pyridine rings is 6. The van der Waals surface area contributed by atoms with E-state index in [4.69, 9.17) is 19.9 Å². The lowest BCUT2D eigenvalue weighted by atomic mass is 9.91. The van der Waals surface area contributed by atoms with Gasteiger partial charge in [0, 0.05) is 70.6 Å². The molecule has 0 spiro atoms. The zero-order valence-corrected chi connectivity index (χ0v) is 29.0. The molecule has 0 bridgehead atoms. The molecule has 6 aromatic heterocycles. The van der Waals surface area contributed by atoms with Gasteiger partial charge in [-0.05, 0) is 117 Å². The van der Waals surface area contributed by atoms with Gasteiger partial charge in [0.2, 0.25) is 0 Å². The van der Waals surface area contributed by atoms with Crippen molar-refractivity contribution in [1.29, 1.82) is 0 Å². The maximum Gasteiger partial charge on any atom is 0.0717 e. The number of hydrogen-bond donors (Lipinski definition) is 0. The summed E-state index contributed by atoms with van der Waals surface area (Å²) in [5.74, 6) is 0. The van der Waals surface area contributed by atoms with Crippen LogP contribution in [0.15, 0.2) is 183 Å². The average molecular weight is 691 g/mol. The highest BCUT2D eigenvalue weighted by Crippen LogP contribution is 2.39. The molecule has 0 amide bonds. The van der Waals surface area contributed by atoms with Crippen molar-refractivity contribution in [1.82, 2.24) is 29.9 Å². The number of benzene rings is 4. The predicted molar refractivity (Wildman–Crippen MR) is 218 cm³/mol. The van der Waals surface area contributed by atoms with Crippen LogP contribution >= 0.6 is 0 Å². The van der Waals surface area contributed by atoms with Gasteiger partial charge in [0.05, 0.1) is 34.2 Å². The Labute approximate surface area is 311 Å². The molecule has 10 rings (SSSR count). The first-order chi connectivity index (χ1) is 26.7. The fraction of sp³-hybridized carbons (Fsp3) is 0. The Morgan fingerprint density at radius 3 is 0.870 bits per heavy atom. The van der Waals surface area contributed by atoms with Crippen molar-refractivity contribution >= 4 is 32.3 Å². The number of aromatic nitrogens is 6. The summed E-state index contributed by atoms with van der Waals surface area (Å²) in [6, 6.07) is 50.2. The van der Waals surface area contributed by atoms with Crippen molar-refractivity contribution < 1.29 is 0 Å². The Morgan fingerprint density at radius 2 is 0.537 bits per heavy atom. The zero-order valence-electron chi connectivity index (χ0n) is 29.0. The smallest absolute Gasteiger partial charge is 0.0717 e. The second-order valence-corrected chi connectivity index (χ2v) is 13.2. The standard InChI is InChI=1S/C48H30N6/c1-2-8-38-37(7-1)41-25-31(45-19-13-35(29-51-45)47-21-15-33(27-53-47)43-9-3-5-23-49-43)11-17-39(41)40-18-12-32(26-42(38)40)46-20-14-36(30-52-46)48-22-16-34(28-54-48)44-10-4-6-24-50-44/h1-30H. The first-order valence-electron chi connectivity index (χ1n) is 17.8. The predicted octanol–water partition coefficient (Wildman–Crippen LogP) is 11.5. The molecule has 0 N–H and O–H groups in total. The minimum atomic E-state index is 0.874. The number of rotatable bonds is 6. The van der Waals surface area contributed by atoms with Crippen LogP contribution in [0.5, 0.6) is 0 Å². The van der Waals surface area contributed by atoms with Crippen molar-refractivity contribution in [3.8, 4) is 67.5 Å². The van der Waals surface area contributed by atoms with E-state index in [1.165, 1.54) is 32.3 Å². The van der Waals surface area contributed by atoms with Crippen LogP contribution in [0.2, 0.25) is 0 Å². The summed E-state index contributed by atoms with van der Waals surface area (Å²) < 4.78 is 0. The molecule has 252 valence electrons. The second-order valence-electron chi connectivity index (χ2n) is 13.2. The molecule has 0 unspecified atom stereocenters. The van der Waals surface area contributed by atoms with Gasteiger partial charge in [-0.15, -0.1) is 0 Å². The summed E-state index contributed by atoms with van der Waals surface area (Å²) in [6.45, 7) is 0. The van der Waals surface area contributed by atoms with E-state index in [9.17, 15) is 0 Å². The normalized spacial score (nSPS) is 11.3. The maximum absolute atomic E-state index is 4.88. The average Bonchev–Trinajstić information content (AvgIpc) is 3.27. The molecule has 0 radical (unpaired) electrons. The Balaban J connectivity index is 0.953. The van der Waals surface area contributed by atoms with Gasteiger partial charge in [0.25, 0.3) is 0 Å². The van der Waals surface area contributed by atoms with Crippen LogP contribution in [0.25, 0.3) is 99.9 Å². The van der Waals surface area contributed by atoms with E-state index in [2.05, 4.69) is 107 Å². The fourth-order valence-electron chi connectivity index (χ4n) is 7.21. The van der Waals surface area contributed by atoms with E-state index in [1.54, 1.807) is 12.4 Å². The Morgan fingerprint density at radius 1 is 0.222 bits per heavy atom. The summed E-state index contributed by atoms with van der Waals surface area (Å²) in [5, 5.41) is 7.22. The van der Waals surface area contributed by atoms with E-state index >= 15 is 0 Å². The molecule has 54 heavy (non-hydrogen) atoms. The molecule has 6 nitrogen and oxygen atoms in total. The minimum absolute atomic E-state index is 0.874. The molecule has 0 fully saturated rings. The van der Waals surface area contributed by atoms with Crippen molar-refractivity contribution in [3.05, 3.63) is 183 Å². The lowest BCUT2D eigenvalue weighted by molar-refractivity contribution is 1.26. The Bertz CT molecular complexity index is 2700. The third-order valence-electron chi connectivity index (χ3n) is 10.00. The quantitative estimate of drug-likeness (QED) is 0.162. The maximum atomic E-state index is 4.88. The second kappa shape index (κ2) is 13.3. The Kier molecular flexibility index (Phi) is 7.69. The van der Waals surface area contributed by atoms with Crippen LogP contribution in [0.4, 0.5) is 0 Å². The first kappa shape index (κ1) is 31.3. The van der Waals surface area contributed by atoms with E-state index in [-0.39, 0.29) is 0 Å². The fourth-order valence-corrected chi connectivity index (χ4v) is 7.21.